The first-order valence-corrected chi connectivity index (χ1v) is 7.07. The minimum absolute atomic E-state index is 0.00455. The summed E-state index contributed by atoms with van der Waals surface area (Å²) in [6.07, 6.45) is 3.71. The molecule has 1 aromatic carbocycles. The number of hydrogen-bond donors (Lipinski definition) is 1. The van der Waals surface area contributed by atoms with Crippen LogP contribution in [0.3, 0.4) is 0 Å². The van der Waals surface area contributed by atoms with Crippen molar-refractivity contribution in [1.29, 1.82) is 0 Å². The fourth-order valence-corrected chi connectivity index (χ4v) is 2.20. The number of nitrogens with one attached hydrogen (secondary N) is 1. The molecule has 110 valence electrons. The number of amides is 1. The Balaban J connectivity index is 1.99. The summed E-state index contributed by atoms with van der Waals surface area (Å²) in [5.74, 6) is 0.00455. The smallest absolute Gasteiger partial charge is 0.224 e. The average molecular weight is 283 g/mol. The van der Waals surface area contributed by atoms with Gasteiger partial charge < -0.3 is 5.32 Å². The monoisotopic (exact) mass is 283 g/mol. The van der Waals surface area contributed by atoms with Crippen LogP contribution in [-0.2, 0) is 23.2 Å². The maximum atomic E-state index is 12.0. The third-order valence-electron chi connectivity index (χ3n) is 3.18. The lowest BCUT2D eigenvalue weighted by atomic mass is 9.89. The van der Waals surface area contributed by atoms with Gasteiger partial charge in [0.15, 0.2) is 0 Å². The van der Waals surface area contributed by atoms with Crippen LogP contribution >= 0.6 is 0 Å². The summed E-state index contributed by atoms with van der Waals surface area (Å²) in [6.45, 7) is 6.76. The predicted octanol–water partition coefficient (Wildman–Crippen LogP) is 2.63. The van der Waals surface area contributed by atoms with Gasteiger partial charge in [0.1, 0.15) is 6.33 Å². The van der Waals surface area contributed by atoms with Crippen molar-refractivity contribution in [2.24, 2.45) is 0 Å². The molecule has 0 aliphatic heterocycles. The van der Waals surface area contributed by atoms with Gasteiger partial charge in [-0.2, -0.15) is 0 Å². The maximum absolute atomic E-state index is 12.0. The van der Waals surface area contributed by atoms with Crippen LogP contribution in [0.2, 0.25) is 0 Å². The third-order valence-corrected chi connectivity index (χ3v) is 3.18. The van der Waals surface area contributed by atoms with E-state index in [1.807, 2.05) is 30.3 Å². The zero-order valence-electron chi connectivity index (χ0n) is 12.8. The van der Waals surface area contributed by atoms with E-state index in [1.165, 1.54) is 0 Å². The Morgan fingerprint density at radius 3 is 2.57 bits per heavy atom. The molecular weight excluding hydrogens is 262 g/mol. The van der Waals surface area contributed by atoms with Crippen LogP contribution in [0.1, 0.15) is 37.6 Å². The molecule has 0 bridgehead atoms. The minimum Gasteiger partial charge on any atom is -0.352 e. The molecule has 1 N–H and O–H groups in total. The maximum Gasteiger partial charge on any atom is 0.224 e. The lowest BCUT2D eigenvalue weighted by molar-refractivity contribution is -0.120. The molecule has 0 unspecified atom stereocenters. The Labute approximate surface area is 125 Å². The average Bonchev–Trinajstić information content (AvgIpc) is 2.45. The third kappa shape index (κ3) is 4.38. The second kappa shape index (κ2) is 6.48. The summed E-state index contributed by atoms with van der Waals surface area (Å²) < 4.78 is 0. The van der Waals surface area contributed by atoms with Gasteiger partial charge in [0.2, 0.25) is 5.91 Å². The molecule has 0 aliphatic carbocycles. The van der Waals surface area contributed by atoms with Crippen LogP contribution in [0.5, 0.6) is 0 Å². The van der Waals surface area contributed by atoms with Crippen molar-refractivity contribution in [2.75, 3.05) is 0 Å². The van der Waals surface area contributed by atoms with Crippen LogP contribution in [0.15, 0.2) is 42.9 Å². The number of aromatic nitrogens is 2. The van der Waals surface area contributed by atoms with Crippen molar-refractivity contribution in [2.45, 2.75) is 39.2 Å². The molecular formula is C17H21N3O. The molecule has 0 aliphatic rings. The Hall–Kier alpha value is -2.23. The number of nitrogens with zero attached hydrogens (tertiary/aromatic N) is 2. The quantitative estimate of drug-likeness (QED) is 0.938. The van der Waals surface area contributed by atoms with Crippen molar-refractivity contribution in [3.05, 3.63) is 59.7 Å². The predicted molar refractivity (Wildman–Crippen MR) is 82.7 cm³/mol. The van der Waals surface area contributed by atoms with E-state index in [4.69, 9.17) is 0 Å². The van der Waals surface area contributed by atoms with Crippen LogP contribution < -0.4 is 5.32 Å². The van der Waals surface area contributed by atoms with Crippen molar-refractivity contribution in [1.82, 2.24) is 15.3 Å². The summed E-state index contributed by atoms with van der Waals surface area (Å²) in [7, 11) is 0. The van der Waals surface area contributed by atoms with Gasteiger partial charge >= 0.3 is 0 Å². The number of carbonyl (C=O) groups is 1. The largest absolute Gasteiger partial charge is 0.352 e. The van der Waals surface area contributed by atoms with E-state index in [0.717, 1.165) is 16.8 Å². The number of rotatable bonds is 4. The van der Waals surface area contributed by atoms with Gasteiger partial charge in [-0.25, -0.2) is 9.97 Å². The molecule has 0 saturated heterocycles. The van der Waals surface area contributed by atoms with Gasteiger partial charge in [-0.1, -0.05) is 51.1 Å². The van der Waals surface area contributed by atoms with E-state index in [1.54, 1.807) is 12.5 Å². The Morgan fingerprint density at radius 2 is 1.90 bits per heavy atom. The molecule has 0 radical (unpaired) electrons. The normalized spacial score (nSPS) is 11.2. The van der Waals surface area contributed by atoms with E-state index < -0.39 is 0 Å². The second-order valence-electron chi connectivity index (χ2n) is 6.09. The topological polar surface area (TPSA) is 54.9 Å². The highest BCUT2D eigenvalue weighted by molar-refractivity contribution is 5.78. The molecule has 1 heterocycles. The van der Waals surface area contributed by atoms with Gasteiger partial charge in [0.05, 0.1) is 12.1 Å². The molecule has 0 atom stereocenters. The van der Waals surface area contributed by atoms with Gasteiger partial charge in [-0.05, 0) is 5.56 Å². The molecule has 0 saturated carbocycles. The van der Waals surface area contributed by atoms with Gasteiger partial charge in [0.25, 0.3) is 0 Å². The molecule has 1 aromatic heterocycles. The lowest BCUT2D eigenvalue weighted by Gasteiger charge is -2.21. The Morgan fingerprint density at radius 1 is 1.19 bits per heavy atom. The molecule has 0 spiro atoms. The van der Waals surface area contributed by atoms with Crippen molar-refractivity contribution < 1.29 is 4.79 Å². The first-order chi connectivity index (χ1) is 9.97. The number of benzene rings is 1. The van der Waals surface area contributed by atoms with Crippen LogP contribution in [-0.4, -0.2) is 15.9 Å². The van der Waals surface area contributed by atoms with Gasteiger partial charge in [-0.3, -0.25) is 4.79 Å². The molecule has 21 heavy (non-hydrogen) atoms. The lowest BCUT2D eigenvalue weighted by Crippen LogP contribution is -2.27. The van der Waals surface area contributed by atoms with E-state index in [0.29, 0.717) is 13.0 Å². The Kier molecular flexibility index (Phi) is 4.68. The highest BCUT2D eigenvalue weighted by Gasteiger charge is 2.19. The molecule has 4 heteroatoms. The van der Waals surface area contributed by atoms with E-state index >= 15 is 0 Å². The zero-order chi connectivity index (χ0) is 15.3. The molecule has 0 fully saturated rings. The summed E-state index contributed by atoms with van der Waals surface area (Å²) in [5.41, 5.74) is 2.88. The zero-order valence-corrected chi connectivity index (χ0v) is 12.8. The fraction of sp³-hybridized carbons (Fsp3) is 0.353. The number of hydrogen-bond acceptors (Lipinski definition) is 3. The summed E-state index contributed by atoms with van der Waals surface area (Å²) in [5, 5.41) is 2.94. The Bertz CT molecular complexity index is 603. The minimum atomic E-state index is -0.0670. The molecule has 2 rings (SSSR count). The fourth-order valence-electron chi connectivity index (χ4n) is 2.20. The number of carbonyl (C=O) groups excluding carboxylic acids is 1. The highest BCUT2D eigenvalue weighted by Crippen LogP contribution is 2.22. The standard InChI is InChI=1S/C17H21N3O/c1-17(2,3)16-14(10-18-12-20-16)11-19-15(21)9-13-7-5-4-6-8-13/h4-8,10,12H,9,11H2,1-3H3,(H,19,21). The van der Waals surface area contributed by atoms with E-state index in [-0.39, 0.29) is 11.3 Å². The molecule has 1 amide bonds. The first-order valence-electron chi connectivity index (χ1n) is 7.07. The molecule has 4 nitrogen and oxygen atoms in total. The van der Waals surface area contributed by atoms with Crippen molar-refractivity contribution in [3.8, 4) is 0 Å². The summed E-state index contributed by atoms with van der Waals surface area (Å²) in [6, 6.07) is 9.71. The van der Waals surface area contributed by atoms with Gasteiger partial charge in [0, 0.05) is 23.7 Å². The van der Waals surface area contributed by atoms with Crippen molar-refractivity contribution >= 4 is 5.91 Å². The van der Waals surface area contributed by atoms with E-state index in [9.17, 15) is 4.79 Å². The van der Waals surface area contributed by atoms with Gasteiger partial charge in [-0.15, -0.1) is 0 Å². The molecule has 2 aromatic rings. The first kappa shape index (κ1) is 15.2. The van der Waals surface area contributed by atoms with Crippen LogP contribution in [0, 0.1) is 0 Å². The van der Waals surface area contributed by atoms with E-state index in [2.05, 4.69) is 36.1 Å². The SMILES string of the molecule is CC(C)(C)c1ncncc1CNC(=O)Cc1ccccc1. The van der Waals surface area contributed by atoms with Crippen LogP contribution in [0.4, 0.5) is 0 Å². The summed E-state index contributed by atoms with van der Waals surface area (Å²) >= 11 is 0. The summed E-state index contributed by atoms with van der Waals surface area (Å²) in [4.78, 5) is 20.4. The highest BCUT2D eigenvalue weighted by atomic mass is 16.1. The van der Waals surface area contributed by atoms with Crippen molar-refractivity contribution in [3.63, 3.8) is 0 Å². The second-order valence-corrected chi connectivity index (χ2v) is 6.09. The van der Waals surface area contributed by atoms with Crippen LogP contribution in [0.25, 0.3) is 0 Å².